The minimum atomic E-state index is -3.34. The molecule has 0 spiro atoms. The minimum absolute atomic E-state index is 0.203. The van der Waals surface area contributed by atoms with Crippen LogP contribution in [0.2, 0.25) is 0 Å². The topological polar surface area (TPSA) is 58.6 Å². The van der Waals surface area contributed by atoms with Crippen molar-refractivity contribution in [3.63, 3.8) is 0 Å². The van der Waals surface area contributed by atoms with Crippen molar-refractivity contribution >= 4 is 21.4 Å². The van der Waals surface area contributed by atoms with Gasteiger partial charge in [-0.1, -0.05) is 6.92 Å². The third-order valence-electron chi connectivity index (χ3n) is 3.61. The second-order valence-corrected chi connectivity index (χ2v) is 8.19. The fourth-order valence-electron chi connectivity index (χ4n) is 2.45. The average molecular weight is 332 g/mol. The zero-order valence-corrected chi connectivity index (χ0v) is 14.3. The summed E-state index contributed by atoms with van der Waals surface area (Å²) in [5, 5.41) is 5.13. The van der Waals surface area contributed by atoms with Gasteiger partial charge in [-0.05, 0) is 43.3 Å². The van der Waals surface area contributed by atoms with E-state index >= 15 is 0 Å². The lowest BCUT2D eigenvalue weighted by Gasteiger charge is -2.30. The van der Waals surface area contributed by atoms with Crippen LogP contribution in [0.25, 0.3) is 0 Å². The molecule has 0 unspecified atom stereocenters. The Morgan fingerprint density at radius 3 is 2.71 bits per heavy atom. The maximum atomic E-state index is 12.6. The molecule has 1 aliphatic heterocycles. The molecule has 0 atom stereocenters. The van der Waals surface area contributed by atoms with Crippen molar-refractivity contribution in [1.82, 2.24) is 9.62 Å². The molecule has 1 aliphatic rings. The van der Waals surface area contributed by atoms with Crippen LogP contribution in [-0.2, 0) is 21.3 Å². The molecule has 21 heavy (non-hydrogen) atoms. The van der Waals surface area contributed by atoms with Gasteiger partial charge in [0.1, 0.15) is 4.21 Å². The van der Waals surface area contributed by atoms with Crippen LogP contribution in [0.15, 0.2) is 15.7 Å². The lowest BCUT2D eigenvalue weighted by molar-refractivity contribution is 0.0290. The second-order valence-electron chi connectivity index (χ2n) is 5.11. The first-order valence-corrected chi connectivity index (χ1v) is 9.79. The molecule has 1 N–H and O–H groups in total. The number of sulfonamides is 1. The minimum Gasteiger partial charge on any atom is -0.378 e. The van der Waals surface area contributed by atoms with Crippen LogP contribution in [0, 0.1) is 0 Å². The van der Waals surface area contributed by atoms with Gasteiger partial charge in [0.05, 0.1) is 6.10 Å². The highest BCUT2D eigenvalue weighted by Crippen LogP contribution is 2.27. The van der Waals surface area contributed by atoms with E-state index in [0.717, 1.165) is 31.5 Å². The molecule has 0 bridgehead atoms. The molecule has 1 aromatic rings. The van der Waals surface area contributed by atoms with E-state index in [-0.39, 0.29) is 6.10 Å². The lowest BCUT2D eigenvalue weighted by Crippen LogP contribution is -2.40. The normalized spacial score (nSPS) is 18.2. The summed E-state index contributed by atoms with van der Waals surface area (Å²) in [6.45, 7) is 7.39. The molecule has 120 valence electrons. The summed E-state index contributed by atoms with van der Waals surface area (Å²) in [6.07, 6.45) is 1.76. The Morgan fingerprint density at radius 1 is 1.38 bits per heavy atom. The van der Waals surface area contributed by atoms with Crippen LogP contribution in [0.1, 0.15) is 32.3 Å². The maximum absolute atomic E-state index is 12.6. The maximum Gasteiger partial charge on any atom is 0.252 e. The molecule has 1 saturated heterocycles. The Labute approximate surface area is 131 Å². The van der Waals surface area contributed by atoms with Gasteiger partial charge in [-0.25, -0.2) is 8.42 Å². The van der Waals surface area contributed by atoms with Crippen LogP contribution in [-0.4, -0.2) is 45.1 Å². The quantitative estimate of drug-likeness (QED) is 0.830. The van der Waals surface area contributed by atoms with Crippen molar-refractivity contribution in [2.75, 3.05) is 26.2 Å². The molecule has 5 nitrogen and oxygen atoms in total. The summed E-state index contributed by atoms with van der Waals surface area (Å²) >= 11 is 1.31. The highest BCUT2D eigenvalue weighted by Gasteiger charge is 2.30. The SMILES string of the molecule is CCNCc1csc(S(=O)(=O)N2CCC(OCC)CC2)c1. The molecule has 0 aromatic carbocycles. The van der Waals surface area contributed by atoms with Gasteiger partial charge in [-0.15, -0.1) is 11.3 Å². The van der Waals surface area contributed by atoms with Crippen LogP contribution in [0.5, 0.6) is 0 Å². The molecule has 1 fully saturated rings. The van der Waals surface area contributed by atoms with E-state index in [9.17, 15) is 8.42 Å². The lowest BCUT2D eigenvalue weighted by atomic mass is 10.1. The first-order valence-electron chi connectivity index (χ1n) is 7.47. The van der Waals surface area contributed by atoms with Gasteiger partial charge in [-0.3, -0.25) is 0 Å². The van der Waals surface area contributed by atoms with Gasteiger partial charge in [-0.2, -0.15) is 4.31 Å². The molecule has 7 heteroatoms. The van der Waals surface area contributed by atoms with Gasteiger partial charge in [0.2, 0.25) is 0 Å². The summed E-state index contributed by atoms with van der Waals surface area (Å²) in [5.41, 5.74) is 1.03. The third kappa shape index (κ3) is 4.26. The number of nitrogens with one attached hydrogen (secondary N) is 1. The van der Waals surface area contributed by atoms with Gasteiger partial charge < -0.3 is 10.1 Å². The number of rotatable bonds is 7. The fraction of sp³-hybridized carbons (Fsp3) is 0.714. The zero-order chi connectivity index (χ0) is 15.3. The Morgan fingerprint density at radius 2 is 2.10 bits per heavy atom. The van der Waals surface area contributed by atoms with Crippen molar-refractivity contribution in [2.45, 2.75) is 43.5 Å². The zero-order valence-electron chi connectivity index (χ0n) is 12.7. The summed E-state index contributed by atoms with van der Waals surface area (Å²) in [6, 6.07) is 1.79. The van der Waals surface area contributed by atoms with E-state index < -0.39 is 10.0 Å². The van der Waals surface area contributed by atoms with Crippen LogP contribution < -0.4 is 5.32 Å². The smallest absolute Gasteiger partial charge is 0.252 e. The number of ether oxygens (including phenoxy) is 1. The fourth-order valence-corrected chi connectivity index (χ4v) is 5.28. The van der Waals surface area contributed by atoms with Crippen molar-refractivity contribution in [3.05, 3.63) is 17.0 Å². The van der Waals surface area contributed by atoms with Crippen molar-refractivity contribution in [3.8, 4) is 0 Å². The van der Waals surface area contributed by atoms with Crippen LogP contribution in [0.3, 0.4) is 0 Å². The highest BCUT2D eigenvalue weighted by molar-refractivity contribution is 7.91. The highest BCUT2D eigenvalue weighted by atomic mass is 32.2. The first-order chi connectivity index (χ1) is 10.1. The number of hydrogen-bond acceptors (Lipinski definition) is 5. The van der Waals surface area contributed by atoms with E-state index in [1.807, 2.05) is 19.2 Å². The van der Waals surface area contributed by atoms with E-state index in [4.69, 9.17) is 4.74 Å². The van der Waals surface area contributed by atoms with E-state index in [0.29, 0.717) is 23.9 Å². The molecular formula is C14H24N2O3S2. The summed E-state index contributed by atoms with van der Waals surface area (Å²) in [7, 11) is -3.34. The third-order valence-corrected chi connectivity index (χ3v) is 6.97. The van der Waals surface area contributed by atoms with Gasteiger partial charge in [0.25, 0.3) is 10.0 Å². The molecule has 0 saturated carbocycles. The average Bonchev–Trinajstić information content (AvgIpc) is 2.96. The van der Waals surface area contributed by atoms with E-state index in [1.165, 1.54) is 11.3 Å². The molecule has 0 aliphatic carbocycles. The number of piperidine rings is 1. The van der Waals surface area contributed by atoms with Crippen LogP contribution >= 0.6 is 11.3 Å². The number of hydrogen-bond donors (Lipinski definition) is 1. The van der Waals surface area contributed by atoms with Crippen molar-refractivity contribution in [2.24, 2.45) is 0 Å². The molecule has 2 heterocycles. The van der Waals surface area contributed by atoms with Crippen molar-refractivity contribution in [1.29, 1.82) is 0 Å². The summed E-state index contributed by atoms with van der Waals surface area (Å²) in [4.78, 5) is 0. The number of thiophene rings is 1. The summed E-state index contributed by atoms with van der Waals surface area (Å²) in [5.74, 6) is 0. The monoisotopic (exact) mass is 332 g/mol. The summed E-state index contributed by atoms with van der Waals surface area (Å²) < 4.78 is 32.8. The Kier molecular flexibility index (Phi) is 6.19. The van der Waals surface area contributed by atoms with E-state index in [2.05, 4.69) is 5.32 Å². The number of nitrogens with zero attached hydrogens (tertiary/aromatic N) is 1. The van der Waals surface area contributed by atoms with Gasteiger partial charge in [0.15, 0.2) is 0 Å². The van der Waals surface area contributed by atoms with Gasteiger partial charge >= 0.3 is 0 Å². The van der Waals surface area contributed by atoms with Gasteiger partial charge in [0, 0.05) is 26.2 Å². The Bertz CT molecular complexity index is 534. The first kappa shape index (κ1) is 16.9. The second kappa shape index (κ2) is 7.69. The molecule has 2 rings (SSSR count). The predicted molar refractivity (Wildman–Crippen MR) is 85.1 cm³/mol. The Balaban J connectivity index is 2.00. The Hall–Kier alpha value is -0.470. The standard InChI is InChI=1S/C14H24N2O3S2/c1-3-15-10-12-9-14(20-11-12)21(17,18)16-7-5-13(6-8-16)19-4-2/h9,11,13,15H,3-8,10H2,1-2H3. The molecular weight excluding hydrogens is 308 g/mol. The van der Waals surface area contributed by atoms with Crippen molar-refractivity contribution < 1.29 is 13.2 Å². The largest absolute Gasteiger partial charge is 0.378 e. The predicted octanol–water partition coefficient (Wildman–Crippen LogP) is 2.05. The molecule has 1 aromatic heterocycles. The molecule has 0 amide bonds. The van der Waals surface area contributed by atoms with E-state index in [1.54, 1.807) is 10.4 Å². The van der Waals surface area contributed by atoms with Crippen LogP contribution in [0.4, 0.5) is 0 Å². The molecule has 0 radical (unpaired) electrons.